The van der Waals surface area contributed by atoms with Crippen LogP contribution in [0.1, 0.15) is 43.4 Å². The molecule has 0 radical (unpaired) electrons. The molecule has 1 rings (SSSR count). The summed E-state index contributed by atoms with van der Waals surface area (Å²) in [5.74, 6) is 0. The third kappa shape index (κ3) is 5.50. The van der Waals surface area contributed by atoms with Gasteiger partial charge in [-0.2, -0.15) is 0 Å². The summed E-state index contributed by atoms with van der Waals surface area (Å²) in [4.78, 5) is 0. The van der Waals surface area contributed by atoms with Gasteiger partial charge in [0.05, 0.1) is 0 Å². The van der Waals surface area contributed by atoms with Gasteiger partial charge in [0.2, 0.25) is 0 Å². The molecule has 0 saturated carbocycles. The molecule has 0 amide bonds. The molecule has 0 aliphatic heterocycles. The Hall–Kier alpha value is -1.08. The Balaban J connectivity index is 2.45. The smallest absolute Gasteiger partial charge is 0.00142 e. The van der Waals surface area contributed by atoms with Crippen molar-refractivity contribution >= 4 is 0 Å². The number of hydrogen-bond donors (Lipinski definition) is 1. The Morgan fingerprint density at radius 2 is 2.00 bits per heavy atom. The van der Waals surface area contributed by atoms with E-state index in [1.54, 1.807) is 0 Å². The molecule has 0 aliphatic rings. The fraction of sp³-hybridized carbons (Fsp3) is 0.529. The summed E-state index contributed by atoms with van der Waals surface area (Å²) in [6, 6.07) is 6.72. The number of rotatable bonds is 7. The van der Waals surface area contributed by atoms with E-state index in [2.05, 4.69) is 57.3 Å². The van der Waals surface area contributed by atoms with Crippen LogP contribution in [-0.2, 0) is 6.42 Å². The molecule has 1 N–H and O–H groups in total. The second kappa shape index (κ2) is 8.10. The Bertz CT molecular complexity index is 391. The molecule has 100 valence electrons. The normalized spacial score (nSPS) is 11.9. The summed E-state index contributed by atoms with van der Waals surface area (Å²) in [7, 11) is 0. The van der Waals surface area contributed by atoms with Gasteiger partial charge in [-0.1, -0.05) is 42.3 Å². The van der Waals surface area contributed by atoms with Crippen LogP contribution in [-0.4, -0.2) is 13.1 Å². The van der Waals surface area contributed by atoms with Crippen molar-refractivity contribution in [2.24, 2.45) is 0 Å². The van der Waals surface area contributed by atoms with Crippen LogP contribution in [0.25, 0.3) is 0 Å². The minimum absolute atomic E-state index is 1.08. The molecule has 1 aromatic carbocycles. The number of nitrogens with one attached hydrogen (secondary N) is 1. The second-order valence-corrected chi connectivity index (χ2v) is 5.20. The van der Waals surface area contributed by atoms with E-state index in [0.29, 0.717) is 0 Å². The van der Waals surface area contributed by atoms with Gasteiger partial charge in [0.25, 0.3) is 0 Å². The predicted molar refractivity (Wildman–Crippen MR) is 81.2 cm³/mol. The molecule has 0 atom stereocenters. The Morgan fingerprint density at radius 1 is 1.22 bits per heavy atom. The average Bonchev–Trinajstić information content (AvgIpc) is 2.33. The van der Waals surface area contributed by atoms with E-state index in [1.807, 2.05) is 0 Å². The highest BCUT2D eigenvalue weighted by Gasteiger charge is 1.99. The quantitative estimate of drug-likeness (QED) is 0.561. The molecule has 0 fully saturated rings. The molecule has 0 heterocycles. The summed E-state index contributed by atoms with van der Waals surface area (Å²) < 4.78 is 0. The van der Waals surface area contributed by atoms with Crippen LogP contribution in [0.5, 0.6) is 0 Å². The van der Waals surface area contributed by atoms with E-state index in [0.717, 1.165) is 25.9 Å². The van der Waals surface area contributed by atoms with Gasteiger partial charge in [-0.25, -0.2) is 0 Å². The van der Waals surface area contributed by atoms with E-state index >= 15 is 0 Å². The molecule has 1 nitrogen and oxygen atoms in total. The number of allylic oxidation sites excluding steroid dienone is 1. The maximum atomic E-state index is 3.43. The van der Waals surface area contributed by atoms with Crippen LogP contribution in [0.4, 0.5) is 0 Å². The van der Waals surface area contributed by atoms with E-state index in [1.165, 1.54) is 28.7 Å². The van der Waals surface area contributed by atoms with Crippen molar-refractivity contribution < 1.29 is 0 Å². The van der Waals surface area contributed by atoms with Gasteiger partial charge >= 0.3 is 0 Å². The maximum Gasteiger partial charge on any atom is -0.00142 e. The highest BCUT2D eigenvalue weighted by atomic mass is 14.8. The highest BCUT2D eigenvalue weighted by molar-refractivity contribution is 5.33. The Kier molecular flexibility index (Phi) is 6.74. The third-order valence-corrected chi connectivity index (χ3v) is 3.21. The number of hydrogen-bond acceptors (Lipinski definition) is 1. The fourth-order valence-electron chi connectivity index (χ4n) is 2.09. The van der Waals surface area contributed by atoms with Crippen molar-refractivity contribution in [3.8, 4) is 0 Å². The molecule has 18 heavy (non-hydrogen) atoms. The zero-order chi connectivity index (χ0) is 13.4. The molecule has 1 heteroatoms. The zero-order valence-corrected chi connectivity index (χ0v) is 12.3. The molecule has 0 bridgehead atoms. The lowest BCUT2D eigenvalue weighted by atomic mass is 9.99. The highest BCUT2D eigenvalue weighted by Crippen LogP contribution is 2.15. The Morgan fingerprint density at radius 3 is 2.72 bits per heavy atom. The minimum Gasteiger partial charge on any atom is -0.316 e. The van der Waals surface area contributed by atoms with Crippen molar-refractivity contribution in [1.29, 1.82) is 0 Å². The van der Waals surface area contributed by atoms with Gasteiger partial charge in [-0.3, -0.25) is 0 Å². The van der Waals surface area contributed by atoms with E-state index in [9.17, 15) is 0 Å². The largest absolute Gasteiger partial charge is 0.316 e. The first-order valence-corrected chi connectivity index (χ1v) is 7.06. The van der Waals surface area contributed by atoms with Crippen molar-refractivity contribution in [2.75, 3.05) is 13.1 Å². The molecule has 0 aliphatic carbocycles. The first kappa shape index (κ1) is 15.0. The lowest BCUT2D eigenvalue weighted by Gasteiger charge is -2.08. The van der Waals surface area contributed by atoms with Gasteiger partial charge in [0.1, 0.15) is 0 Å². The molecular formula is C17H27N. The predicted octanol–water partition coefficient (Wildman–Crippen LogP) is 4.18. The number of aryl methyl sites for hydroxylation is 2. The Labute approximate surface area is 112 Å². The fourth-order valence-corrected chi connectivity index (χ4v) is 2.09. The standard InChI is InChI=1S/C17H27N/c1-5-10-18-11-6-7-14(2)12-17-13-15(3)8-9-16(17)4/h7-9,13,18H,5-6,10-12H2,1-4H3. The van der Waals surface area contributed by atoms with Gasteiger partial charge in [0.15, 0.2) is 0 Å². The van der Waals surface area contributed by atoms with Crippen LogP contribution in [0.15, 0.2) is 29.8 Å². The minimum atomic E-state index is 1.08. The van der Waals surface area contributed by atoms with Crippen molar-refractivity contribution in [2.45, 2.75) is 47.0 Å². The summed E-state index contributed by atoms with van der Waals surface area (Å²) in [6.45, 7) is 11.0. The first-order chi connectivity index (χ1) is 8.63. The van der Waals surface area contributed by atoms with Gasteiger partial charge in [-0.05, 0) is 64.3 Å². The SMILES string of the molecule is CCCNCCC=C(C)Cc1cc(C)ccc1C. The lowest BCUT2D eigenvalue weighted by molar-refractivity contribution is 0.677. The van der Waals surface area contributed by atoms with Gasteiger partial charge < -0.3 is 5.32 Å². The van der Waals surface area contributed by atoms with Gasteiger partial charge in [0, 0.05) is 0 Å². The summed E-state index contributed by atoms with van der Waals surface area (Å²) in [5.41, 5.74) is 5.69. The van der Waals surface area contributed by atoms with Crippen LogP contribution in [0.3, 0.4) is 0 Å². The summed E-state index contributed by atoms with van der Waals surface area (Å²) >= 11 is 0. The molecule has 0 spiro atoms. The lowest BCUT2D eigenvalue weighted by Crippen LogP contribution is -2.15. The monoisotopic (exact) mass is 245 g/mol. The van der Waals surface area contributed by atoms with Crippen LogP contribution >= 0.6 is 0 Å². The summed E-state index contributed by atoms with van der Waals surface area (Å²) in [5, 5.41) is 3.43. The van der Waals surface area contributed by atoms with Crippen molar-refractivity contribution in [1.82, 2.24) is 5.32 Å². The topological polar surface area (TPSA) is 12.0 Å². The van der Waals surface area contributed by atoms with E-state index < -0.39 is 0 Å². The molecule has 0 saturated heterocycles. The van der Waals surface area contributed by atoms with E-state index in [4.69, 9.17) is 0 Å². The van der Waals surface area contributed by atoms with Crippen molar-refractivity contribution in [3.63, 3.8) is 0 Å². The van der Waals surface area contributed by atoms with Crippen LogP contribution in [0.2, 0.25) is 0 Å². The number of benzene rings is 1. The molecular weight excluding hydrogens is 218 g/mol. The molecule has 1 aromatic rings. The maximum absolute atomic E-state index is 3.43. The zero-order valence-electron chi connectivity index (χ0n) is 12.3. The van der Waals surface area contributed by atoms with Gasteiger partial charge in [-0.15, -0.1) is 0 Å². The second-order valence-electron chi connectivity index (χ2n) is 5.20. The first-order valence-electron chi connectivity index (χ1n) is 7.06. The van der Waals surface area contributed by atoms with Crippen LogP contribution in [0, 0.1) is 13.8 Å². The van der Waals surface area contributed by atoms with Crippen molar-refractivity contribution in [3.05, 3.63) is 46.5 Å². The molecule has 0 unspecified atom stereocenters. The average molecular weight is 245 g/mol. The van der Waals surface area contributed by atoms with Crippen LogP contribution < -0.4 is 5.32 Å². The third-order valence-electron chi connectivity index (χ3n) is 3.21. The molecule has 0 aromatic heterocycles. The van der Waals surface area contributed by atoms with E-state index in [-0.39, 0.29) is 0 Å². The summed E-state index contributed by atoms with van der Waals surface area (Å²) in [6.07, 6.45) is 5.80.